The molecule has 0 aromatic rings. The molecule has 27 heavy (non-hydrogen) atoms. The molecule has 0 aliphatic rings. The van der Waals surface area contributed by atoms with Crippen molar-refractivity contribution in [2.24, 2.45) is 0 Å². The van der Waals surface area contributed by atoms with Gasteiger partial charge in [0.25, 0.3) is 10.1 Å². The van der Waals surface area contributed by atoms with Crippen molar-refractivity contribution in [2.75, 3.05) is 6.61 Å². The highest BCUT2D eigenvalue weighted by atomic mass is 32.2. The summed E-state index contributed by atoms with van der Waals surface area (Å²) in [6.45, 7) is 3.27. The molecule has 0 aliphatic heterocycles. The maximum absolute atomic E-state index is 11.5. The lowest BCUT2D eigenvalue weighted by Crippen LogP contribution is -2.24. The van der Waals surface area contributed by atoms with Gasteiger partial charge in [0.2, 0.25) is 0 Å². The van der Waals surface area contributed by atoms with Crippen LogP contribution in [-0.4, -0.2) is 30.8 Å². The Morgan fingerprint density at radius 1 is 0.889 bits per heavy atom. The van der Waals surface area contributed by atoms with Gasteiger partial charge in [0.1, 0.15) is 11.9 Å². The smallest absolute Gasteiger partial charge is 0.305 e. The predicted octanol–water partition coefficient (Wildman–Crippen LogP) is 5.84. The summed E-state index contributed by atoms with van der Waals surface area (Å²) in [6, 6.07) is 0. The molecule has 0 aliphatic carbocycles. The van der Waals surface area contributed by atoms with Crippen LogP contribution in [0.4, 0.5) is 0 Å². The van der Waals surface area contributed by atoms with E-state index in [1.165, 1.54) is 58.3 Å². The third kappa shape index (κ3) is 18.3. The molecular formula is C21H40O5S. The topological polar surface area (TPSA) is 80.7 Å². The van der Waals surface area contributed by atoms with E-state index in [0.717, 1.165) is 32.1 Å². The number of carbonyl (C=O) groups excluding carboxylic acids is 1. The molecule has 6 heteroatoms. The van der Waals surface area contributed by atoms with Crippen molar-refractivity contribution in [1.29, 1.82) is 0 Å². The summed E-state index contributed by atoms with van der Waals surface area (Å²) in [5.41, 5.74) is 0. The van der Waals surface area contributed by atoms with E-state index in [9.17, 15) is 13.2 Å². The third-order valence-corrected chi connectivity index (χ3v) is 5.78. The number of hydrogen-bond acceptors (Lipinski definition) is 4. The van der Waals surface area contributed by atoms with Crippen molar-refractivity contribution in [3.8, 4) is 0 Å². The van der Waals surface area contributed by atoms with Crippen molar-refractivity contribution in [3.63, 3.8) is 0 Å². The van der Waals surface area contributed by atoms with Crippen LogP contribution in [0.25, 0.3) is 0 Å². The normalized spacial score (nSPS) is 13.1. The second kappa shape index (κ2) is 17.2. The van der Waals surface area contributed by atoms with Crippen LogP contribution < -0.4 is 0 Å². The Bertz CT molecular complexity index is 485. The lowest BCUT2D eigenvalue weighted by atomic mass is 10.1. The summed E-state index contributed by atoms with van der Waals surface area (Å²) < 4.78 is 35.3. The van der Waals surface area contributed by atoms with Gasteiger partial charge in [0.05, 0.1) is 0 Å². The second-order valence-corrected chi connectivity index (χ2v) is 9.18. The standard InChI is InChI=1S/C21H40O5S/c1-3-4-5-6-7-8-9-10-11-12-13-14-15-16-17-18-21(22)26-19-20(2)27(23,24)25/h10-11,20H,3-9,12-19H2,1-2H3,(H,23,24,25)/b11-10-. The van der Waals surface area contributed by atoms with E-state index >= 15 is 0 Å². The fourth-order valence-electron chi connectivity index (χ4n) is 2.71. The average molecular weight is 405 g/mol. The van der Waals surface area contributed by atoms with Gasteiger partial charge in [-0.2, -0.15) is 8.42 Å². The summed E-state index contributed by atoms with van der Waals surface area (Å²) in [4.78, 5) is 11.5. The van der Waals surface area contributed by atoms with Gasteiger partial charge in [0.15, 0.2) is 0 Å². The molecule has 1 N–H and O–H groups in total. The van der Waals surface area contributed by atoms with Crippen molar-refractivity contribution >= 4 is 16.1 Å². The number of allylic oxidation sites excluding steroid dienone is 2. The number of ether oxygens (including phenoxy) is 1. The van der Waals surface area contributed by atoms with Gasteiger partial charge in [-0.3, -0.25) is 9.35 Å². The summed E-state index contributed by atoms with van der Waals surface area (Å²) in [5, 5.41) is -1.07. The Morgan fingerprint density at radius 3 is 1.89 bits per heavy atom. The van der Waals surface area contributed by atoms with Gasteiger partial charge in [-0.25, -0.2) is 0 Å². The fraction of sp³-hybridized carbons (Fsp3) is 0.857. The van der Waals surface area contributed by atoms with Crippen LogP contribution in [0.15, 0.2) is 12.2 Å². The summed E-state index contributed by atoms with van der Waals surface area (Å²) in [6.07, 6.45) is 20.5. The number of carbonyl (C=O) groups is 1. The van der Waals surface area contributed by atoms with Crippen molar-refractivity contribution in [3.05, 3.63) is 12.2 Å². The van der Waals surface area contributed by atoms with Crippen LogP contribution in [0, 0.1) is 0 Å². The Hall–Kier alpha value is -0.880. The quantitative estimate of drug-likeness (QED) is 0.134. The van der Waals surface area contributed by atoms with E-state index in [2.05, 4.69) is 19.1 Å². The molecule has 0 aromatic heterocycles. The zero-order chi connectivity index (χ0) is 20.4. The summed E-state index contributed by atoms with van der Waals surface area (Å²) in [7, 11) is -4.13. The van der Waals surface area contributed by atoms with E-state index in [4.69, 9.17) is 9.29 Å². The molecule has 0 fully saturated rings. The Balaban J connectivity index is 3.37. The molecule has 0 saturated heterocycles. The molecule has 0 aromatic carbocycles. The van der Waals surface area contributed by atoms with Crippen LogP contribution in [-0.2, 0) is 19.6 Å². The van der Waals surface area contributed by atoms with E-state index in [1.54, 1.807) is 0 Å². The molecule has 0 amide bonds. The number of hydrogen-bond donors (Lipinski definition) is 1. The van der Waals surface area contributed by atoms with E-state index < -0.39 is 21.3 Å². The first kappa shape index (κ1) is 26.1. The number of rotatable bonds is 18. The molecule has 0 saturated carbocycles. The molecule has 5 nitrogen and oxygen atoms in total. The van der Waals surface area contributed by atoms with Crippen molar-refractivity contribution < 1.29 is 22.5 Å². The first-order chi connectivity index (χ1) is 12.9. The number of unbranched alkanes of at least 4 members (excludes halogenated alkanes) is 11. The SMILES string of the molecule is CCCCCCCC/C=C\CCCCCCCC(=O)OCC(C)S(=O)(=O)O. The molecule has 0 radical (unpaired) electrons. The highest BCUT2D eigenvalue weighted by Gasteiger charge is 2.18. The zero-order valence-electron chi connectivity index (χ0n) is 17.3. The minimum atomic E-state index is -4.13. The average Bonchev–Trinajstić information content (AvgIpc) is 2.62. The molecule has 0 spiro atoms. The molecular weight excluding hydrogens is 364 g/mol. The molecule has 0 rings (SSSR count). The van der Waals surface area contributed by atoms with Crippen molar-refractivity contribution in [2.45, 2.75) is 109 Å². The fourth-order valence-corrected chi connectivity index (χ4v) is 2.95. The van der Waals surface area contributed by atoms with Gasteiger partial charge in [-0.15, -0.1) is 0 Å². The monoisotopic (exact) mass is 404 g/mol. The van der Waals surface area contributed by atoms with Crippen LogP contribution in [0.2, 0.25) is 0 Å². The van der Waals surface area contributed by atoms with Gasteiger partial charge in [0, 0.05) is 6.42 Å². The van der Waals surface area contributed by atoms with Gasteiger partial charge >= 0.3 is 5.97 Å². The Labute approximate surface area is 166 Å². The van der Waals surface area contributed by atoms with Crippen LogP contribution in [0.5, 0.6) is 0 Å². The maximum Gasteiger partial charge on any atom is 0.305 e. The first-order valence-corrected chi connectivity index (χ1v) is 12.1. The third-order valence-electron chi connectivity index (χ3n) is 4.63. The van der Waals surface area contributed by atoms with E-state index in [-0.39, 0.29) is 6.61 Å². The minimum absolute atomic E-state index is 0.289. The van der Waals surface area contributed by atoms with Gasteiger partial charge in [-0.05, 0) is 39.0 Å². The molecule has 1 atom stereocenters. The summed E-state index contributed by atoms with van der Waals surface area (Å²) >= 11 is 0. The molecule has 0 heterocycles. The lowest BCUT2D eigenvalue weighted by molar-refractivity contribution is -0.143. The number of esters is 1. The van der Waals surface area contributed by atoms with Crippen molar-refractivity contribution in [1.82, 2.24) is 0 Å². The molecule has 0 bridgehead atoms. The lowest BCUT2D eigenvalue weighted by Gasteiger charge is -2.09. The zero-order valence-corrected chi connectivity index (χ0v) is 18.1. The van der Waals surface area contributed by atoms with Crippen LogP contribution >= 0.6 is 0 Å². The Morgan fingerprint density at radius 2 is 1.37 bits per heavy atom. The molecule has 160 valence electrons. The first-order valence-electron chi connectivity index (χ1n) is 10.6. The highest BCUT2D eigenvalue weighted by Crippen LogP contribution is 2.10. The van der Waals surface area contributed by atoms with Gasteiger partial charge < -0.3 is 4.74 Å². The van der Waals surface area contributed by atoms with E-state index in [1.807, 2.05) is 0 Å². The second-order valence-electron chi connectivity index (χ2n) is 7.34. The van der Waals surface area contributed by atoms with Crippen LogP contribution in [0.3, 0.4) is 0 Å². The summed E-state index contributed by atoms with van der Waals surface area (Å²) in [5.74, 6) is -0.400. The van der Waals surface area contributed by atoms with Gasteiger partial charge in [-0.1, -0.05) is 70.4 Å². The van der Waals surface area contributed by atoms with E-state index in [0.29, 0.717) is 6.42 Å². The predicted molar refractivity (Wildman–Crippen MR) is 111 cm³/mol. The highest BCUT2D eigenvalue weighted by molar-refractivity contribution is 7.86. The van der Waals surface area contributed by atoms with Crippen LogP contribution in [0.1, 0.15) is 104 Å². The Kier molecular flexibility index (Phi) is 16.7. The maximum atomic E-state index is 11.5. The molecule has 1 unspecified atom stereocenters. The minimum Gasteiger partial charge on any atom is -0.464 e. The largest absolute Gasteiger partial charge is 0.464 e.